The molecule has 2 heterocycles. The van der Waals surface area contributed by atoms with Gasteiger partial charge in [-0.25, -0.2) is 9.78 Å². The molecule has 3 aromatic rings. The molecule has 0 bridgehead atoms. The van der Waals surface area contributed by atoms with Gasteiger partial charge in [-0.15, -0.1) is 0 Å². The zero-order chi connectivity index (χ0) is 23.6. The van der Waals surface area contributed by atoms with Crippen molar-refractivity contribution in [2.24, 2.45) is 0 Å². The topological polar surface area (TPSA) is 105 Å². The number of fused-ring (bicyclic) bond motifs is 1. The first kappa shape index (κ1) is 22.8. The van der Waals surface area contributed by atoms with Crippen LogP contribution in [0.5, 0.6) is 0 Å². The number of nitrogens with zero attached hydrogens (tertiary/aromatic N) is 4. The van der Waals surface area contributed by atoms with E-state index in [1.54, 1.807) is 19.3 Å². The van der Waals surface area contributed by atoms with E-state index in [0.717, 1.165) is 37.8 Å². The van der Waals surface area contributed by atoms with Crippen molar-refractivity contribution in [1.82, 2.24) is 19.5 Å². The fourth-order valence-electron chi connectivity index (χ4n) is 4.09. The standard InChI is InChI=1S/C22H25F3N6O2/c1-2-16(20(32)33)28-21-29-18(26-11-13-6-5-7-14(10-13)22(23,24)25)17-19(30-21)31(12-27-17)15-8-3-4-9-15/h5-7,10,12,15-16H,2-4,8-9,11H2,1H3,(H,32,33)(H2,26,28,29,30)/t16-/m1/s1. The molecule has 2 aromatic heterocycles. The lowest BCUT2D eigenvalue weighted by molar-refractivity contribution is -0.138. The molecule has 1 fully saturated rings. The van der Waals surface area contributed by atoms with Crippen LogP contribution in [0.2, 0.25) is 0 Å². The molecule has 0 spiro atoms. The molecule has 0 saturated heterocycles. The number of imidazole rings is 1. The van der Waals surface area contributed by atoms with E-state index in [2.05, 4.69) is 25.6 Å². The first-order chi connectivity index (χ1) is 15.8. The Bertz CT molecular complexity index is 1140. The number of hydrogen-bond donors (Lipinski definition) is 3. The summed E-state index contributed by atoms with van der Waals surface area (Å²) in [6.45, 7) is 1.82. The summed E-state index contributed by atoms with van der Waals surface area (Å²) >= 11 is 0. The summed E-state index contributed by atoms with van der Waals surface area (Å²) in [5, 5.41) is 15.3. The Morgan fingerprint density at radius 3 is 2.70 bits per heavy atom. The summed E-state index contributed by atoms with van der Waals surface area (Å²) in [7, 11) is 0. The van der Waals surface area contributed by atoms with E-state index in [1.165, 1.54) is 6.07 Å². The lowest BCUT2D eigenvalue weighted by Crippen LogP contribution is -2.29. The van der Waals surface area contributed by atoms with Gasteiger partial charge in [0, 0.05) is 12.6 Å². The number of nitrogens with one attached hydrogen (secondary N) is 2. The molecule has 4 rings (SSSR count). The monoisotopic (exact) mass is 462 g/mol. The average Bonchev–Trinajstić information content (AvgIpc) is 3.45. The molecule has 0 aliphatic heterocycles. The fourth-order valence-corrected chi connectivity index (χ4v) is 4.09. The molecule has 33 heavy (non-hydrogen) atoms. The van der Waals surface area contributed by atoms with Crippen LogP contribution in [0, 0.1) is 0 Å². The Kier molecular flexibility index (Phi) is 6.39. The second kappa shape index (κ2) is 9.24. The van der Waals surface area contributed by atoms with E-state index in [-0.39, 0.29) is 18.5 Å². The lowest BCUT2D eigenvalue weighted by atomic mass is 10.1. The minimum Gasteiger partial charge on any atom is -0.480 e. The minimum atomic E-state index is -4.43. The predicted octanol–water partition coefficient (Wildman–Crippen LogP) is 4.85. The third kappa shape index (κ3) is 5.01. The van der Waals surface area contributed by atoms with E-state index in [4.69, 9.17) is 0 Å². The van der Waals surface area contributed by atoms with E-state index >= 15 is 0 Å². The van der Waals surface area contributed by atoms with Crippen LogP contribution in [0.25, 0.3) is 11.2 Å². The Morgan fingerprint density at radius 1 is 1.27 bits per heavy atom. The number of halogens is 3. The highest BCUT2D eigenvalue weighted by Gasteiger charge is 2.30. The van der Waals surface area contributed by atoms with E-state index in [1.807, 2.05) is 4.57 Å². The van der Waals surface area contributed by atoms with Crippen molar-refractivity contribution in [2.75, 3.05) is 10.6 Å². The number of benzene rings is 1. The molecule has 1 atom stereocenters. The van der Waals surface area contributed by atoms with Crippen molar-refractivity contribution in [3.63, 3.8) is 0 Å². The molecule has 1 aromatic carbocycles. The number of carboxylic acids is 1. The minimum absolute atomic E-state index is 0.0852. The molecule has 0 amide bonds. The summed E-state index contributed by atoms with van der Waals surface area (Å²) in [4.78, 5) is 24.9. The zero-order valence-corrected chi connectivity index (χ0v) is 18.1. The molecule has 0 radical (unpaired) electrons. The second-order valence-electron chi connectivity index (χ2n) is 8.15. The summed E-state index contributed by atoms with van der Waals surface area (Å²) in [6, 6.07) is 4.43. The number of anilines is 2. The maximum Gasteiger partial charge on any atom is 0.416 e. The van der Waals surface area contributed by atoms with Crippen molar-refractivity contribution in [3.05, 3.63) is 41.7 Å². The Morgan fingerprint density at radius 2 is 2.03 bits per heavy atom. The Balaban J connectivity index is 1.67. The number of carboxylic acid groups (broad SMARTS) is 1. The molecule has 8 nitrogen and oxygen atoms in total. The van der Waals surface area contributed by atoms with Crippen LogP contribution in [0.15, 0.2) is 30.6 Å². The number of aliphatic carboxylic acids is 1. The van der Waals surface area contributed by atoms with Gasteiger partial charge in [0.15, 0.2) is 17.0 Å². The van der Waals surface area contributed by atoms with Crippen LogP contribution in [-0.4, -0.2) is 36.6 Å². The quantitative estimate of drug-likeness (QED) is 0.440. The van der Waals surface area contributed by atoms with Crippen LogP contribution in [-0.2, 0) is 17.5 Å². The van der Waals surface area contributed by atoms with Gasteiger partial charge in [-0.1, -0.05) is 31.9 Å². The van der Waals surface area contributed by atoms with Crippen LogP contribution < -0.4 is 10.6 Å². The summed E-state index contributed by atoms with van der Waals surface area (Å²) in [6.07, 6.45) is 1.81. The largest absolute Gasteiger partial charge is 0.480 e. The fraction of sp³-hybridized carbons (Fsp3) is 0.455. The van der Waals surface area contributed by atoms with Crippen LogP contribution in [0.3, 0.4) is 0 Å². The second-order valence-corrected chi connectivity index (χ2v) is 8.15. The normalized spacial score (nSPS) is 15.6. The van der Waals surface area contributed by atoms with Gasteiger partial charge in [-0.2, -0.15) is 23.1 Å². The smallest absolute Gasteiger partial charge is 0.416 e. The average molecular weight is 462 g/mol. The van der Waals surface area contributed by atoms with E-state index in [9.17, 15) is 23.1 Å². The number of carbonyl (C=O) groups is 1. The van der Waals surface area contributed by atoms with Crippen molar-refractivity contribution in [2.45, 2.75) is 63.8 Å². The van der Waals surface area contributed by atoms with E-state index < -0.39 is 23.8 Å². The lowest BCUT2D eigenvalue weighted by Gasteiger charge is -2.16. The maximum absolute atomic E-state index is 13.1. The van der Waals surface area contributed by atoms with Gasteiger partial charge in [-0.3, -0.25) is 0 Å². The van der Waals surface area contributed by atoms with Crippen LogP contribution in [0.1, 0.15) is 56.2 Å². The van der Waals surface area contributed by atoms with Gasteiger partial charge < -0.3 is 20.3 Å². The summed E-state index contributed by atoms with van der Waals surface area (Å²) < 4.78 is 41.1. The Labute approximate surface area is 188 Å². The van der Waals surface area contributed by atoms with Gasteiger partial charge >= 0.3 is 12.1 Å². The highest BCUT2D eigenvalue weighted by Crippen LogP contribution is 2.33. The Hall–Kier alpha value is -3.37. The van der Waals surface area contributed by atoms with Crippen molar-refractivity contribution in [1.29, 1.82) is 0 Å². The summed E-state index contributed by atoms with van der Waals surface area (Å²) in [5.74, 6) is -0.566. The molecule has 1 aliphatic carbocycles. The van der Waals surface area contributed by atoms with Gasteiger partial charge in [0.05, 0.1) is 11.9 Å². The molecule has 1 aliphatic rings. The molecular weight excluding hydrogens is 437 g/mol. The van der Waals surface area contributed by atoms with Gasteiger partial charge in [0.1, 0.15) is 6.04 Å². The van der Waals surface area contributed by atoms with Crippen molar-refractivity contribution in [3.8, 4) is 0 Å². The molecule has 0 unspecified atom stereocenters. The van der Waals surface area contributed by atoms with Crippen molar-refractivity contribution < 1.29 is 23.1 Å². The van der Waals surface area contributed by atoms with Crippen molar-refractivity contribution >= 4 is 28.9 Å². The molecule has 176 valence electrons. The van der Waals surface area contributed by atoms with E-state index in [0.29, 0.717) is 29.0 Å². The van der Waals surface area contributed by atoms with Crippen LogP contribution >= 0.6 is 0 Å². The third-order valence-electron chi connectivity index (χ3n) is 5.86. The SMILES string of the molecule is CC[C@@H](Nc1nc(NCc2cccc(C(F)(F)F)c2)c2ncn(C3CCCC3)c2n1)C(=O)O. The van der Waals surface area contributed by atoms with Gasteiger partial charge in [-0.05, 0) is 37.0 Å². The first-order valence-electron chi connectivity index (χ1n) is 10.9. The number of rotatable bonds is 8. The molecule has 3 N–H and O–H groups in total. The highest BCUT2D eigenvalue weighted by molar-refractivity contribution is 5.85. The third-order valence-corrected chi connectivity index (χ3v) is 5.86. The summed E-state index contributed by atoms with van der Waals surface area (Å²) in [5.41, 5.74) is 0.752. The molecular formula is C22H25F3N6O2. The highest BCUT2D eigenvalue weighted by atomic mass is 19.4. The van der Waals surface area contributed by atoms with Crippen LogP contribution in [0.4, 0.5) is 24.9 Å². The first-order valence-corrected chi connectivity index (χ1v) is 10.9. The number of hydrogen-bond acceptors (Lipinski definition) is 6. The predicted molar refractivity (Wildman–Crippen MR) is 117 cm³/mol. The number of alkyl halides is 3. The maximum atomic E-state index is 13.1. The van der Waals surface area contributed by atoms with Gasteiger partial charge in [0.2, 0.25) is 5.95 Å². The molecule has 11 heteroatoms. The zero-order valence-electron chi connectivity index (χ0n) is 18.1. The number of aromatic nitrogens is 4. The van der Waals surface area contributed by atoms with Gasteiger partial charge in [0.25, 0.3) is 0 Å². The molecule has 1 saturated carbocycles.